The lowest BCUT2D eigenvalue weighted by Crippen LogP contribution is -2.48. The second kappa shape index (κ2) is 6.88. The van der Waals surface area contributed by atoms with Gasteiger partial charge in [-0.3, -0.25) is 14.4 Å². The number of ketones is 1. The summed E-state index contributed by atoms with van der Waals surface area (Å²) in [6.45, 7) is 2.96. The smallest absolute Gasteiger partial charge is 0.267 e. The predicted molar refractivity (Wildman–Crippen MR) is 100 cm³/mol. The molecule has 1 N–H and O–H groups in total. The molecule has 0 bridgehead atoms. The van der Waals surface area contributed by atoms with Crippen LogP contribution in [0.2, 0.25) is 0 Å². The van der Waals surface area contributed by atoms with Crippen molar-refractivity contribution >= 4 is 29.0 Å². The highest BCUT2D eigenvalue weighted by molar-refractivity contribution is 6.06. The van der Waals surface area contributed by atoms with Gasteiger partial charge in [-0.2, -0.15) is 0 Å². The fourth-order valence-corrected chi connectivity index (χ4v) is 3.22. The van der Waals surface area contributed by atoms with Gasteiger partial charge in [0.05, 0.1) is 17.9 Å². The van der Waals surface area contributed by atoms with E-state index in [4.69, 9.17) is 14.2 Å². The predicted octanol–water partition coefficient (Wildman–Crippen LogP) is 2.37. The minimum absolute atomic E-state index is 0.0557. The van der Waals surface area contributed by atoms with E-state index < -0.39 is 12.0 Å². The van der Waals surface area contributed by atoms with Crippen LogP contribution in [0, 0.1) is 0 Å². The van der Waals surface area contributed by atoms with E-state index in [0.717, 1.165) is 0 Å². The lowest BCUT2D eigenvalue weighted by Gasteiger charge is -2.33. The highest BCUT2D eigenvalue weighted by atomic mass is 16.7. The van der Waals surface area contributed by atoms with E-state index >= 15 is 0 Å². The van der Waals surface area contributed by atoms with E-state index in [2.05, 4.69) is 5.32 Å². The van der Waals surface area contributed by atoms with Gasteiger partial charge in [0.15, 0.2) is 23.4 Å². The Labute approximate surface area is 161 Å². The number of carbonyl (C=O) groups excluding carboxylic acids is 3. The van der Waals surface area contributed by atoms with E-state index in [9.17, 15) is 14.4 Å². The molecule has 0 saturated heterocycles. The van der Waals surface area contributed by atoms with Crippen LogP contribution in [-0.2, 0) is 9.59 Å². The molecule has 0 aromatic heterocycles. The number of hydrogen-bond acceptors (Lipinski definition) is 6. The summed E-state index contributed by atoms with van der Waals surface area (Å²) in [6.07, 6.45) is -0.927. The van der Waals surface area contributed by atoms with Gasteiger partial charge in [-0.1, -0.05) is 12.1 Å². The van der Waals surface area contributed by atoms with Crippen LogP contribution in [0.4, 0.5) is 11.4 Å². The van der Waals surface area contributed by atoms with Crippen LogP contribution in [0.1, 0.15) is 24.2 Å². The van der Waals surface area contributed by atoms with Gasteiger partial charge in [-0.15, -0.1) is 0 Å². The minimum Gasteiger partial charge on any atom is -0.476 e. The molecular weight excluding hydrogens is 364 g/mol. The van der Waals surface area contributed by atoms with Crippen molar-refractivity contribution in [3.05, 3.63) is 42.0 Å². The minimum atomic E-state index is -0.927. The molecule has 8 nitrogen and oxygen atoms in total. The molecule has 2 heterocycles. The largest absolute Gasteiger partial charge is 0.476 e. The number of benzene rings is 2. The third-order valence-corrected chi connectivity index (χ3v) is 4.60. The van der Waals surface area contributed by atoms with Crippen molar-refractivity contribution in [2.75, 3.05) is 23.6 Å². The average Bonchev–Trinajstić information content (AvgIpc) is 3.13. The zero-order valence-corrected chi connectivity index (χ0v) is 15.4. The number of carbonyl (C=O) groups is 3. The average molecular weight is 382 g/mol. The van der Waals surface area contributed by atoms with Crippen LogP contribution < -0.4 is 24.4 Å². The molecule has 1 unspecified atom stereocenters. The molecule has 2 aromatic rings. The molecular formula is C20H18N2O6. The highest BCUT2D eigenvalue weighted by Crippen LogP contribution is 2.38. The number of amides is 2. The summed E-state index contributed by atoms with van der Waals surface area (Å²) in [4.78, 5) is 38.4. The Morgan fingerprint density at radius 3 is 2.46 bits per heavy atom. The molecule has 2 aromatic carbocycles. The van der Waals surface area contributed by atoms with E-state index in [-0.39, 0.29) is 25.0 Å². The third-order valence-electron chi connectivity index (χ3n) is 4.60. The summed E-state index contributed by atoms with van der Waals surface area (Å²) in [6, 6.07) is 10.1. The normalized spacial score (nSPS) is 16.8. The molecule has 4 rings (SSSR count). The Hall–Kier alpha value is -3.55. The van der Waals surface area contributed by atoms with Crippen LogP contribution >= 0.6 is 0 Å². The molecule has 1 atom stereocenters. The van der Waals surface area contributed by atoms with Crippen molar-refractivity contribution in [1.82, 2.24) is 0 Å². The summed E-state index contributed by atoms with van der Waals surface area (Å²) in [5.74, 6) is 0.452. The molecule has 0 radical (unpaired) electrons. The molecule has 2 amide bonds. The van der Waals surface area contributed by atoms with Crippen LogP contribution in [0.25, 0.3) is 0 Å². The SMILES string of the molecule is CC(=O)c1cc2c(cc1NC(=O)C1CN(C(C)=O)c3ccccc3O1)OCO2. The number of ether oxygens (including phenoxy) is 3. The highest BCUT2D eigenvalue weighted by Gasteiger charge is 2.33. The zero-order valence-electron chi connectivity index (χ0n) is 15.4. The van der Waals surface area contributed by atoms with Gasteiger partial charge >= 0.3 is 0 Å². The molecule has 144 valence electrons. The van der Waals surface area contributed by atoms with Gasteiger partial charge in [-0.25, -0.2) is 0 Å². The second-order valence-corrected chi connectivity index (χ2v) is 6.50. The molecule has 2 aliphatic heterocycles. The fraction of sp³-hybridized carbons (Fsp3) is 0.250. The summed E-state index contributed by atoms with van der Waals surface area (Å²) >= 11 is 0. The maximum Gasteiger partial charge on any atom is 0.267 e. The van der Waals surface area contributed by atoms with Gasteiger partial charge in [-0.05, 0) is 25.1 Å². The Morgan fingerprint density at radius 1 is 1.04 bits per heavy atom. The maximum atomic E-state index is 12.9. The maximum absolute atomic E-state index is 12.9. The fourth-order valence-electron chi connectivity index (χ4n) is 3.22. The Kier molecular flexibility index (Phi) is 4.38. The topological polar surface area (TPSA) is 94.2 Å². The number of rotatable bonds is 3. The van der Waals surface area contributed by atoms with Crippen LogP contribution in [0.3, 0.4) is 0 Å². The van der Waals surface area contributed by atoms with Crippen molar-refractivity contribution in [1.29, 1.82) is 0 Å². The first-order chi connectivity index (χ1) is 13.4. The molecule has 0 aliphatic carbocycles. The van der Waals surface area contributed by atoms with Crippen molar-refractivity contribution in [2.45, 2.75) is 20.0 Å². The summed E-state index contributed by atoms with van der Waals surface area (Å²) in [5.41, 5.74) is 1.22. The number of fused-ring (bicyclic) bond motifs is 2. The van der Waals surface area contributed by atoms with E-state index in [0.29, 0.717) is 34.2 Å². The lowest BCUT2D eigenvalue weighted by molar-refractivity contribution is -0.123. The molecule has 2 aliphatic rings. The number of nitrogens with one attached hydrogen (secondary N) is 1. The van der Waals surface area contributed by atoms with Gasteiger partial charge in [0.1, 0.15) is 5.75 Å². The number of nitrogens with zero attached hydrogens (tertiary/aromatic N) is 1. The first-order valence-corrected chi connectivity index (χ1v) is 8.73. The molecule has 0 fully saturated rings. The second-order valence-electron chi connectivity index (χ2n) is 6.50. The number of para-hydroxylation sites is 2. The van der Waals surface area contributed by atoms with Gasteiger partial charge in [0, 0.05) is 18.6 Å². The van der Waals surface area contributed by atoms with Crippen molar-refractivity contribution in [2.24, 2.45) is 0 Å². The van der Waals surface area contributed by atoms with E-state index in [1.54, 1.807) is 36.4 Å². The molecule has 28 heavy (non-hydrogen) atoms. The Morgan fingerprint density at radius 2 is 1.75 bits per heavy atom. The number of anilines is 2. The Bertz CT molecular complexity index is 987. The van der Waals surface area contributed by atoms with Crippen LogP contribution in [-0.4, -0.2) is 37.0 Å². The summed E-state index contributed by atoms with van der Waals surface area (Å²) < 4.78 is 16.4. The van der Waals surface area contributed by atoms with Gasteiger partial charge < -0.3 is 24.4 Å². The van der Waals surface area contributed by atoms with Gasteiger partial charge in [0.2, 0.25) is 12.7 Å². The summed E-state index contributed by atoms with van der Waals surface area (Å²) in [5, 5.41) is 2.72. The number of Topliss-reactive ketones (excluding diaryl/α,β-unsaturated/α-hetero) is 1. The van der Waals surface area contributed by atoms with E-state index in [1.807, 2.05) is 0 Å². The summed E-state index contributed by atoms with van der Waals surface area (Å²) in [7, 11) is 0. The standard InChI is InChI=1S/C20H18N2O6/c1-11(23)13-7-17-18(27-10-26-17)8-14(13)21-20(25)19-9-22(12(2)24)15-5-3-4-6-16(15)28-19/h3-8,19H,9-10H2,1-2H3,(H,21,25). The van der Waals surface area contributed by atoms with Crippen LogP contribution in [0.5, 0.6) is 17.2 Å². The van der Waals surface area contributed by atoms with Gasteiger partial charge in [0.25, 0.3) is 5.91 Å². The van der Waals surface area contributed by atoms with Crippen LogP contribution in [0.15, 0.2) is 36.4 Å². The van der Waals surface area contributed by atoms with Crippen molar-refractivity contribution < 1.29 is 28.6 Å². The number of hydrogen-bond donors (Lipinski definition) is 1. The quantitative estimate of drug-likeness (QED) is 0.819. The first-order valence-electron chi connectivity index (χ1n) is 8.73. The Balaban J connectivity index is 1.61. The molecule has 8 heteroatoms. The van der Waals surface area contributed by atoms with E-state index in [1.165, 1.54) is 18.7 Å². The zero-order chi connectivity index (χ0) is 19.8. The molecule has 0 spiro atoms. The monoisotopic (exact) mass is 382 g/mol. The van der Waals surface area contributed by atoms with Crippen molar-refractivity contribution in [3.8, 4) is 17.2 Å². The first kappa shape index (κ1) is 17.8. The van der Waals surface area contributed by atoms with Crippen molar-refractivity contribution in [3.63, 3.8) is 0 Å². The molecule has 0 saturated carbocycles. The lowest BCUT2D eigenvalue weighted by atomic mass is 10.1. The third kappa shape index (κ3) is 3.13.